The molecular weight excluding hydrogens is 558 g/mol. The third kappa shape index (κ3) is 29.1. The molecular formula is C28H55NO13. The van der Waals surface area contributed by atoms with Crippen LogP contribution in [-0.4, -0.2) is 171 Å². The molecule has 0 spiro atoms. The Bertz CT molecular complexity index is 556. The summed E-state index contributed by atoms with van der Waals surface area (Å²) in [5, 5.41) is 3.32. The second kappa shape index (κ2) is 32.9. The van der Waals surface area contributed by atoms with Crippen LogP contribution < -0.4 is 5.32 Å². The molecule has 14 nitrogen and oxygen atoms in total. The van der Waals surface area contributed by atoms with Crippen molar-refractivity contribution in [3.63, 3.8) is 0 Å². The van der Waals surface area contributed by atoms with E-state index in [1.165, 1.54) is 7.11 Å². The average Bonchev–Trinajstić information content (AvgIpc) is 3.02. The van der Waals surface area contributed by atoms with Gasteiger partial charge in [-0.1, -0.05) is 0 Å². The number of carbonyl (C=O) groups excluding carboxylic acids is 1. The third-order valence-corrected chi connectivity index (χ3v) is 5.66. The second-order valence-electron chi connectivity index (χ2n) is 8.96. The van der Waals surface area contributed by atoms with Crippen molar-refractivity contribution in [1.29, 1.82) is 0 Å². The fraction of sp³-hybridized carbons (Fsp3) is 0.964. The molecule has 1 aliphatic heterocycles. The number of ether oxygens (including phenoxy) is 12. The summed E-state index contributed by atoms with van der Waals surface area (Å²) in [6, 6.07) is 0. The Morgan fingerprint density at radius 1 is 0.476 bits per heavy atom. The van der Waals surface area contributed by atoms with E-state index in [1.807, 2.05) is 0 Å². The first-order chi connectivity index (χ1) is 20.8. The Kier molecular flexibility index (Phi) is 30.6. The van der Waals surface area contributed by atoms with Gasteiger partial charge in [-0.3, -0.25) is 0 Å². The molecule has 0 atom stereocenters. The molecule has 0 amide bonds. The molecule has 1 aliphatic rings. The molecule has 250 valence electrons. The molecule has 0 bridgehead atoms. The van der Waals surface area contributed by atoms with E-state index in [-0.39, 0.29) is 6.61 Å². The summed E-state index contributed by atoms with van der Waals surface area (Å²) in [6.07, 6.45) is 2.53. The Balaban J connectivity index is 1.61. The summed E-state index contributed by atoms with van der Waals surface area (Å²) >= 11 is 0. The largest absolute Gasteiger partial charge is 0.467 e. The van der Waals surface area contributed by atoms with Crippen LogP contribution in [0.3, 0.4) is 0 Å². The van der Waals surface area contributed by atoms with Gasteiger partial charge in [0.05, 0.1) is 145 Å². The van der Waals surface area contributed by atoms with E-state index in [4.69, 9.17) is 52.1 Å². The van der Waals surface area contributed by atoms with Crippen molar-refractivity contribution in [1.82, 2.24) is 5.32 Å². The Labute approximate surface area is 251 Å². The number of carbonyl (C=O) groups is 1. The Hall–Kier alpha value is -1.01. The van der Waals surface area contributed by atoms with E-state index in [0.717, 1.165) is 25.9 Å². The van der Waals surface area contributed by atoms with Crippen molar-refractivity contribution in [3.8, 4) is 0 Å². The van der Waals surface area contributed by atoms with E-state index in [1.54, 1.807) is 0 Å². The van der Waals surface area contributed by atoms with Gasteiger partial charge in [0.1, 0.15) is 6.61 Å². The summed E-state index contributed by atoms with van der Waals surface area (Å²) in [5.41, 5.74) is 0. The number of methoxy groups -OCH3 is 1. The highest BCUT2D eigenvalue weighted by Gasteiger charge is 2.12. The predicted octanol–water partition coefficient (Wildman–Crippen LogP) is 0.0940. The monoisotopic (exact) mass is 613 g/mol. The number of esters is 1. The second-order valence-corrected chi connectivity index (χ2v) is 8.96. The van der Waals surface area contributed by atoms with E-state index in [2.05, 4.69) is 10.1 Å². The molecule has 0 radical (unpaired) electrons. The number of hydrogen-bond donors (Lipinski definition) is 1. The van der Waals surface area contributed by atoms with Crippen LogP contribution in [0.1, 0.15) is 12.8 Å². The van der Waals surface area contributed by atoms with Gasteiger partial charge >= 0.3 is 5.97 Å². The summed E-state index contributed by atoms with van der Waals surface area (Å²) < 4.78 is 64.3. The van der Waals surface area contributed by atoms with Gasteiger partial charge in [0.15, 0.2) is 0 Å². The molecule has 14 heteroatoms. The topological polar surface area (TPSA) is 140 Å². The molecule has 0 saturated carbocycles. The van der Waals surface area contributed by atoms with Crippen LogP contribution in [-0.2, 0) is 61.6 Å². The summed E-state index contributed by atoms with van der Waals surface area (Å²) in [5.74, 6) is -0.406. The summed E-state index contributed by atoms with van der Waals surface area (Å²) in [6.45, 7) is 12.1. The maximum Gasteiger partial charge on any atom is 0.331 e. The Morgan fingerprint density at radius 2 is 0.762 bits per heavy atom. The lowest BCUT2D eigenvalue weighted by molar-refractivity contribution is -0.146. The van der Waals surface area contributed by atoms with Crippen LogP contribution in [0.25, 0.3) is 0 Å². The molecule has 42 heavy (non-hydrogen) atoms. The van der Waals surface area contributed by atoms with Gasteiger partial charge in [-0.15, -0.1) is 0 Å². The van der Waals surface area contributed by atoms with Crippen LogP contribution in [0.4, 0.5) is 0 Å². The van der Waals surface area contributed by atoms with E-state index in [0.29, 0.717) is 138 Å². The first kappa shape index (κ1) is 39.0. The molecule has 0 aliphatic carbocycles. The van der Waals surface area contributed by atoms with Gasteiger partial charge in [-0.25, -0.2) is 4.79 Å². The zero-order valence-corrected chi connectivity index (χ0v) is 25.6. The quantitative estimate of drug-likeness (QED) is 0.0790. The molecule has 1 rings (SSSR count). The molecule has 0 unspecified atom stereocenters. The number of piperidine rings is 1. The highest BCUT2D eigenvalue weighted by molar-refractivity contribution is 5.70. The zero-order valence-electron chi connectivity index (χ0n) is 25.6. The molecule has 1 heterocycles. The highest BCUT2D eigenvalue weighted by Crippen LogP contribution is 2.06. The lowest BCUT2D eigenvalue weighted by Gasteiger charge is -2.22. The minimum atomic E-state index is -0.406. The van der Waals surface area contributed by atoms with Gasteiger partial charge in [0.25, 0.3) is 0 Å². The average molecular weight is 614 g/mol. The maximum absolute atomic E-state index is 10.8. The first-order valence-corrected chi connectivity index (χ1v) is 15.0. The van der Waals surface area contributed by atoms with E-state index >= 15 is 0 Å². The SMILES string of the molecule is COC(=O)COCCOCCOCCOCCOCCOCCOCCOCCOCCOCCOC1CCNCC1. The van der Waals surface area contributed by atoms with E-state index in [9.17, 15) is 4.79 Å². The number of rotatable bonds is 33. The van der Waals surface area contributed by atoms with Gasteiger partial charge in [0.2, 0.25) is 0 Å². The van der Waals surface area contributed by atoms with Crippen molar-refractivity contribution >= 4 is 5.97 Å². The molecule has 0 aromatic rings. The third-order valence-electron chi connectivity index (χ3n) is 5.66. The van der Waals surface area contributed by atoms with Crippen molar-refractivity contribution in [2.45, 2.75) is 18.9 Å². The molecule has 1 saturated heterocycles. The Morgan fingerprint density at radius 3 is 1.07 bits per heavy atom. The van der Waals surface area contributed by atoms with Gasteiger partial charge in [-0.05, 0) is 25.9 Å². The maximum atomic E-state index is 10.8. The minimum Gasteiger partial charge on any atom is -0.467 e. The van der Waals surface area contributed by atoms with Crippen molar-refractivity contribution < 1.29 is 61.6 Å². The standard InChI is InChI=1S/C28H55NO13/c1-31-28(30)26-41-23-22-39-19-18-37-15-14-35-11-10-33-7-6-32-8-9-34-12-13-36-16-17-38-20-21-40-24-25-42-27-2-4-29-5-3-27/h27,29H,2-26H2,1H3. The molecule has 0 aromatic carbocycles. The van der Waals surface area contributed by atoms with Crippen molar-refractivity contribution in [2.75, 3.05) is 159 Å². The fourth-order valence-electron chi connectivity index (χ4n) is 3.43. The zero-order chi connectivity index (χ0) is 30.0. The van der Waals surface area contributed by atoms with E-state index < -0.39 is 5.97 Å². The first-order valence-electron chi connectivity index (χ1n) is 15.0. The lowest BCUT2D eigenvalue weighted by atomic mass is 10.1. The number of hydrogen-bond acceptors (Lipinski definition) is 14. The van der Waals surface area contributed by atoms with Crippen LogP contribution in [0, 0.1) is 0 Å². The van der Waals surface area contributed by atoms with Crippen LogP contribution in [0.2, 0.25) is 0 Å². The van der Waals surface area contributed by atoms with Crippen LogP contribution >= 0.6 is 0 Å². The smallest absolute Gasteiger partial charge is 0.331 e. The van der Waals surface area contributed by atoms with Crippen LogP contribution in [0.5, 0.6) is 0 Å². The molecule has 1 N–H and O–H groups in total. The molecule has 1 fully saturated rings. The number of nitrogens with one attached hydrogen (secondary N) is 1. The summed E-state index contributed by atoms with van der Waals surface area (Å²) in [7, 11) is 1.32. The normalized spacial score (nSPS) is 14.0. The van der Waals surface area contributed by atoms with Crippen molar-refractivity contribution in [3.05, 3.63) is 0 Å². The predicted molar refractivity (Wildman–Crippen MR) is 152 cm³/mol. The van der Waals surface area contributed by atoms with Gasteiger partial charge in [-0.2, -0.15) is 0 Å². The van der Waals surface area contributed by atoms with Gasteiger partial charge < -0.3 is 62.2 Å². The lowest BCUT2D eigenvalue weighted by Crippen LogP contribution is -2.33. The molecule has 0 aromatic heterocycles. The fourth-order valence-corrected chi connectivity index (χ4v) is 3.43. The van der Waals surface area contributed by atoms with Crippen LogP contribution in [0.15, 0.2) is 0 Å². The highest BCUT2D eigenvalue weighted by atomic mass is 16.6. The minimum absolute atomic E-state index is 0.0678. The van der Waals surface area contributed by atoms with Gasteiger partial charge in [0, 0.05) is 0 Å². The summed E-state index contributed by atoms with van der Waals surface area (Å²) in [4.78, 5) is 10.8. The van der Waals surface area contributed by atoms with Crippen molar-refractivity contribution in [2.24, 2.45) is 0 Å².